The lowest BCUT2D eigenvalue weighted by molar-refractivity contribution is -0.138. The van der Waals surface area contributed by atoms with Crippen LogP contribution in [0.1, 0.15) is 38.5 Å². The van der Waals surface area contributed by atoms with Crippen molar-refractivity contribution in [3.8, 4) is 0 Å². The number of hydrogen-bond donors (Lipinski definition) is 2. The molecule has 0 spiro atoms. The molecule has 0 heterocycles. The molecule has 0 radical (unpaired) electrons. The first-order valence-electron chi connectivity index (χ1n) is 6.87. The van der Waals surface area contributed by atoms with Crippen LogP contribution < -0.4 is 11.1 Å². The number of nitrogens with one attached hydrogen (secondary N) is 1. The molecule has 0 aromatic carbocycles. The SMILES string of the molecule is NC(=O)CCC(=O)NCC(COC1CCCC1)OC=O. The Hall–Kier alpha value is -1.63. The van der Waals surface area contributed by atoms with Crippen LogP contribution in [0.3, 0.4) is 0 Å². The van der Waals surface area contributed by atoms with Crippen molar-refractivity contribution in [3.05, 3.63) is 0 Å². The number of nitrogens with two attached hydrogens (primary N) is 1. The molecule has 114 valence electrons. The van der Waals surface area contributed by atoms with Crippen LogP contribution in [0.2, 0.25) is 0 Å². The van der Waals surface area contributed by atoms with Gasteiger partial charge in [0.1, 0.15) is 6.10 Å². The van der Waals surface area contributed by atoms with E-state index in [1.807, 2.05) is 0 Å². The summed E-state index contributed by atoms with van der Waals surface area (Å²) >= 11 is 0. The van der Waals surface area contributed by atoms with Crippen molar-refractivity contribution in [2.45, 2.75) is 50.7 Å². The van der Waals surface area contributed by atoms with E-state index in [1.54, 1.807) is 0 Å². The van der Waals surface area contributed by atoms with Crippen LogP contribution in [-0.4, -0.2) is 43.6 Å². The van der Waals surface area contributed by atoms with E-state index in [0.717, 1.165) is 25.7 Å². The van der Waals surface area contributed by atoms with Gasteiger partial charge < -0.3 is 20.5 Å². The van der Waals surface area contributed by atoms with Crippen molar-refractivity contribution < 1.29 is 23.9 Å². The monoisotopic (exact) mass is 286 g/mol. The maximum Gasteiger partial charge on any atom is 0.293 e. The minimum atomic E-state index is -0.523. The zero-order chi connectivity index (χ0) is 14.8. The van der Waals surface area contributed by atoms with Crippen molar-refractivity contribution in [2.24, 2.45) is 5.73 Å². The van der Waals surface area contributed by atoms with Crippen LogP contribution in [0, 0.1) is 0 Å². The molecule has 7 heteroatoms. The summed E-state index contributed by atoms with van der Waals surface area (Å²) in [6.07, 6.45) is 4.12. The van der Waals surface area contributed by atoms with Gasteiger partial charge in [-0.05, 0) is 12.8 Å². The molecule has 1 atom stereocenters. The number of carbonyl (C=O) groups excluding carboxylic acids is 3. The number of carbonyl (C=O) groups is 3. The molecule has 0 aromatic heterocycles. The lowest BCUT2D eigenvalue weighted by Gasteiger charge is -2.18. The van der Waals surface area contributed by atoms with Crippen molar-refractivity contribution in [3.63, 3.8) is 0 Å². The van der Waals surface area contributed by atoms with Gasteiger partial charge >= 0.3 is 0 Å². The van der Waals surface area contributed by atoms with Gasteiger partial charge in [-0.25, -0.2) is 0 Å². The zero-order valence-electron chi connectivity index (χ0n) is 11.5. The summed E-state index contributed by atoms with van der Waals surface area (Å²) in [5, 5.41) is 2.59. The Morgan fingerprint density at radius 1 is 1.30 bits per heavy atom. The summed E-state index contributed by atoms with van der Waals surface area (Å²) in [5.41, 5.74) is 4.95. The molecule has 1 aliphatic carbocycles. The van der Waals surface area contributed by atoms with Crippen molar-refractivity contribution in [2.75, 3.05) is 13.2 Å². The fraction of sp³-hybridized carbons (Fsp3) is 0.769. The summed E-state index contributed by atoms with van der Waals surface area (Å²) in [6.45, 7) is 0.779. The summed E-state index contributed by atoms with van der Waals surface area (Å²) in [5.74, 6) is -0.824. The van der Waals surface area contributed by atoms with Gasteiger partial charge in [0, 0.05) is 12.8 Å². The summed E-state index contributed by atoms with van der Waals surface area (Å²) in [6, 6.07) is 0. The Bertz CT molecular complexity index is 329. The van der Waals surface area contributed by atoms with Gasteiger partial charge in [0.2, 0.25) is 11.8 Å². The van der Waals surface area contributed by atoms with E-state index in [1.165, 1.54) is 0 Å². The highest BCUT2D eigenvalue weighted by atomic mass is 16.6. The first-order valence-corrected chi connectivity index (χ1v) is 6.87. The van der Waals surface area contributed by atoms with Crippen LogP contribution >= 0.6 is 0 Å². The average molecular weight is 286 g/mol. The molecule has 1 aliphatic rings. The first-order chi connectivity index (χ1) is 9.61. The van der Waals surface area contributed by atoms with E-state index in [2.05, 4.69) is 5.32 Å². The summed E-state index contributed by atoms with van der Waals surface area (Å²) < 4.78 is 10.5. The van der Waals surface area contributed by atoms with Gasteiger partial charge in [0.05, 0.1) is 19.3 Å². The standard InChI is InChI=1S/C13H22N2O5/c14-12(17)5-6-13(18)15-7-11(20-9-16)8-19-10-3-1-2-4-10/h9-11H,1-8H2,(H2,14,17)(H,15,18). The van der Waals surface area contributed by atoms with E-state index < -0.39 is 12.0 Å². The molecule has 0 aliphatic heterocycles. The van der Waals surface area contributed by atoms with Gasteiger partial charge in [-0.15, -0.1) is 0 Å². The van der Waals surface area contributed by atoms with E-state index in [9.17, 15) is 14.4 Å². The molecular weight excluding hydrogens is 264 g/mol. The number of primary amides is 1. The molecule has 1 saturated carbocycles. The van der Waals surface area contributed by atoms with Crippen LogP contribution in [0.15, 0.2) is 0 Å². The number of rotatable bonds is 10. The van der Waals surface area contributed by atoms with Crippen molar-refractivity contribution >= 4 is 18.3 Å². The minimum absolute atomic E-state index is 0.00358. The Morgan fingerprint density at radius 2 is 2.00 bits per heavy atom. The predicted molar refractivity (Wildman–Crippen MR) is 70.6 cm³/mol. The highest BCUT2D eigenvalue weighted by molar-refractivity contribution is 5.82. The maximum absolute atomic E-state index is 11.4. The third-order valence-corrected chi connectivity index (χ3v) is 3.19. The molecule has 0 bridgehead atoms. The second-order valence-electron chi connectivity index (χ2n) is 4.86. The smallest absolute Gasteiger partial charge is 0.293 e. The van der Waals surface area contributed by atoms with E-state index in [4.69, 9.17) is 15.2 Å². The van der Waals surface area contributed by atoms with E-state index in [-0.39, 0.29) is 38.0 Å². The van der Waals surface area contributed by atoms with Gasteiger partial charge in [0.25, 0.3) is 6.47 Å². The molecule has 1 fully saturated rings. The Balaban J connectivity index is 2.21. The number of hydrogen-bond acceptors (Lipinski definition) is 5. The Kier molecular flexibility index (Phi) is 7.64. The second-order valence-corrected chi connectivity index (χ2v) is 4.86. The van der Waals surface area contributed by atoms with Crippen LogP contribution in [-0.2, 0) is 23.9 Å². The van der Waals surface area contributed by atoms with E-state index >= 15 is 0 Å². The van der Waals surface area contributed by atoms with Crippen molar-refractivity contribution in [1.29, 1.82) is 0 Å². The summed E-state index contributed by atoms with van der Waals surface area (Å²) in [7, 11) is 0. The summed E-state index contributed by atoms with van der Waals surface area (Å²) in [4.78, 5) is 32.4. The molecule has 7 nitrogen and oxygen atoms in total. The van der Waals surface area contributed by atoms with Crippen LogP contribution in [0.5, 0.6) is 0 Å². The molecular formula is C13H22N2O5. The van der Waals surface area contributed by atoms with Gasteiger partial charge in [-0.3, -0.25) is 14.4 Å². The molecule has 0 saturated heterocycles. The first kappa shape index (κ1) is 16.4. The maximum atomic E-state index is 11.4. The van der Waals surface area contributed by atoms with Crippen LogP contribution in [0.25, 0.3) is 0 Å². The fourth-order valence-electron chi connectivity index (χ4n) is 2.08. The van der Waals surface area contributed by atoms with Gasteiger partial charge in [0.15, 0.2) is 0 Å². The number of ether oxygens (including phenoxy) is 2. The third-order valence-electron chi connectivity index (χ3n) is 3.19. The fourth-order valence-corrected chi connectivity index (χ4v) is 2.08. The topological polar surface area (TPSA) is 108 Å². The molecule has 20 heavy (non-hydrogen) atoms. The molecule has 1 unspecified atom stereocenters. The molecule has 2 amide bonds. The quantitative estimate of drug-likeness (QED) is 0.544. The second kappa shape index (κ2) is 9.30. The molecule has 0 aromatic rings. The largest absolute Gasteiger partial charge is 0.460 e. The predicted octanol–water partition coefficient (Wildman–Crippen LogP) is -0.131. The lowest BCUT2D eigenvalue weighted by atomic mass is 10.2. The average Bonchev–Trinajstić information content (AvgIpc) is 2.92. The van der Waals surface area contributed by atoms with Crippen molar-refractivity contribution in [1.82, 2.24) is 5.32 Å². The van der Waals surface area contributed by atoms with Crippen LogP contribution in [0.4, 0.5) is 0 Å². The highest BCUT2D eigenvalue weighted by Gasteiger charge is 2.19. The molecule has 3 N–H and O–H groups in total. The Labute approximate surface area is 118 Å². The lowest BCUT2D eigenvalue weighted by Crippen LogP contribution is -2.37. The highest BCUT2D eigenvalue weighted by Crippen LogP contribution is 2.21. The Morgan fingerprint density at radius 3 is 2.60 bits per heavy atom. The van der Waals surface area contributed by atoms with E-state index in [0.29, 0.717) is 6.47 Å². The molecule has 1 rings (SSSR count). The zero-order valence-corrected chi connectivity index (χ0v) is 11.5. The number of amides is 2. The normalized spacial score (nSPS) is 16.6. The third kappa shape index (κ3) is 7.08. The van der Waals surface area contributed by atoms with Gasteiger partial charge in [-0.1, -0.05) is 12.8 Å². The minimum Gasteiger partial charge on any atom is -0.460 e. The van der Waals surface area contributed by atoms with Gasteiger partial charge in [-0.2, -0.15) is 0 Å².